The van der Waals surface area contributed by atoms with E-state index < -0.39 is 12.0 Å². The molecule has 0 aliphatic carbocycles. The zero-order valence-corrected chi connectivity index (χ0v) is 22.8. The number of cyclic esters (lactones) is 1. The first-order chi connectivity index (χ1) is 19.4. The van der Waals surface area contributed by atoms with Crippen LogP contribution in [0.25, 0.3) is 0 Å². The second-order valence-corrected chi connectivity index (χ2v) is 10.8. The minimum atomic E-state index is -0.542. The van der Waals surface area contributed by atoms with Gasteiger partial charge >= 0.3 is 5.97 Å². The summed E-state index contributed by atoms with van der Waals surface area (Å²) in [6, 6.07) is 15.1. The first-order valence-electron chi connectivity index (χ1n) is 14.2. The number of halogens is 1. The molecule has 0 aromatic heterocycles. The lowest BCUT2D eigenvalue weighted by Crippen LogP contribution is -2.45. The predicted octanol–water partition coefficient (Wildman–Crippen LogP) is 3.98. The number of fused-ring (bicyclic) bond motifs is 1. The van der Waals surface area contributed by atoms with E-state index in [1.54, 1.807) is 17.0 Å². The number of benzene rings is 2. The summed E-state index contributed by atoms with van der Waals surface area (Å²) in [4.78, 5) is 41.4. The molecule has 0 unspecified atom stereocenters. The largest absolute Gasteiger partial charge is 0.463 e. The molecule has 0 bridgehead atoms. The van der Waals surface area contributed by atoms with Gasteiger partial charge in [-0.3, -0.25) is 14.4 Å². The number of nitrogens with zero attached hydrogens (tertiary/aromatic N) is 1. The van der Waals surface area contributed by atoms with Gasteiger partial charge in [0.05, 0.1) is 30.5 Å². The van der Waals surface area contributed by atoms with Crippen LogP contribution in [0, 0.1) is 17.7 Å². The van der Waals surface area contributed by atoms with Crippen molar-refractivity contribution in [3.63, 3.8) is 0 Å². The van der Waals surface area contributed by atoms with E-state index in [1.165, 1.54) is 12.1 Å². The lowest BCUT2D eigenvalue weighted by Gasteiger charge is -2.29. The van der Waals surface area contributed by atoms with Gasteiger partial charge in [0.25, 0.3) is 0 Å². The number of hydrogen-bond acceptors (Lipinski definition) is 5. The average molecular weight is 551 g/mol. The number of esters is 1. The number of carbonyl (C=O) groups is 3. The monoisotopic (exact) mass is 550 g/mol. The molecular weight excluding hydrogens is 511 g/mol. The first kappa shape index (κ1) is 29.5. The Balaban J connectivity index is 1.42. The first-order valence-corrected chi connectivity index (χ1v) is 14.2. The van der Waals surface area contributed by atoms with Gasteiger partial charge in [0.15, 0.2) is 0 Å². The van der Waals surface area contributed by atoms with Gasteiger partial charge in [-0.15, -0.1) is 0 Å². The maximum atomic E-state index is 13.6. The minimum Gasteiger partial charge on any atom is -0.463 e. The van der Waals surface area contributed by atoms with Gasteiger partial charge in [0, 0.05) is 13.0 Å². The van der Waals surface area contributed by atoms with Crippen LogP contribution in [0.5, 0.6) is 0 Å². The SMILES string of the molecule is O=C(C[C@H]1C/C=C/CC[C@H](Cc2ccc(F)cc2)C(=O)OC[C@H]2CCCN2C1=O)N[C@@H](CO)Cc1ccccc1. The fourth-order valence-electron chi connectivity index (χ4n) is 5.56. The van der Waals surface area contributed by atoms with Crippen LogP contribution in [0.15, 0.2) is 66.7 Å². The van der Waals surface area contributed by atoms with Crippen molar-refractivity contribution >= 4 is 17.8 Å². The van der Waals surface area contributed by atoms with E-state index >= 15 is 0 Å². The summed E-state index contributed by atoms with van der Waals surface area (Å²) in [7, 11) is 0. The lowest BCUT2D eigenvalue weighted by molar-refractivity contribution is -0.152. The van der Waals surface area contributed by atoms with E-state index in [0.29, 0.717) is 38.6 Å². The molecule has 8 heteroatoms. The van der Waals surface area contributed by atoms with Crippen molar-refractivity contribution in [3.8, 4) is 0 Å². The minimum absolute atomic E-state index is 0.0185. The summed E-state index contributed by atoms with van der Waals surface area (Å²) in [6.45, 7) is 0.494. The highest BCUT2D eigenvalue weighted by atomic mass is 19.1. The third-order valence-electron chi connectivity index (χ3n) is 7.77. The van der Waals surface area contributed by atoms with Crippen LogP contribution in [-0.4, -0.2) is 59.6 Å². The third kappa shape index (κ3) is 8.49. The Hall–Kier alpha value is -3.52. The number of nitrogens with one attached hydrogen (secondary N) is 1. The summed E-state index contributed by atoms with van der Waals surface area (Å²) in [6.07, 6.45) is 7.99. The van der Waals surface area contributed by atoms with Crippen molar-refractivity contribution in [2.75, 3.05) is 19.8 Å². The summed E-state index contributed by atoms with van der Waals surface area (Å²) >= 11 is 0. The average Bonchev–Trinajstić information content (AvgIpc) is 3.43. The van der Waals surface area contributed by atoms with Gasteiger partial charge in [0.1, 0.15) is 12.4 Å². The van der Waals surface area contributed by atoms with Crippen molar-refractivity contribution < 1.29 is 28.6 Å². The molecule has 2 aromatic carbocycles. The molecule has 0 radical (unpaired) electrons. The second-order valence-electron chi connectivity index (χ2n) is 10.8. The summed E-state index contributed by atoms with van der Waals surface area (Å²) < 4.78 is 19.1. The normalized spacial score (nSPS) is 23.6. The van der Waals surface area contributed by atoms with Crippen molar-refractivity contribution in [2.24, 2.45) is 11.8 Å². The molecule has 40 heavy (non-hydrogen) atoms. The summed E-state index contributed by atoms with van der Waals surface area (Å²) in [5.74, 6) is -1.92. The van der Waals surface area contributed by atoms with Crippen LogP contribution >= 0.6 is 0 Å². The molecule has 7 nitrogen and oxygen atoms in total. The molecule has 2 aliphatic rings. The van der Waals surface area contributed by atoms with E-state index in [2.05, 4.69) is 5.32 Å². The zero-order valence-electron chi connectivity index (χ0n) is 22.8. The van der Waals surface area contributed by atoms with E-state index in [1.807, 2.05) is 42.5 Å². The Morgan fingerprint density at radius 2 is 1.80 bits per heavy atom. The number of allylic oxidation sites excluding steroid dienone is 2. The molecule has 4 atom stereocenters. The Morgan fingerprint density at radius 3 is 2.55 bits per heavy atom. The number of aliphatic hydroxyl groups is 1. The number of ether oxygens (including phenoxy) is 1. The van der Waals surface area contributed by atoms with E-state index in [-0.39, 0.29) is 55.2 Å². The molecule has 1 fully saturated rings. The zero-order chi connectivity index (χ0) is 28.3. The molecule has 0 saturated carbocycles. The Labute approximate surface area is 235 Å². The van der Waals surface area contributed by atoms with Crippen LogP contribution < -0.4 is 5.32 Å². The van der Waals surface area contributed by atoms with Crippen LogP contribution in [-0.2, 0) is 32.0 Å². The highest BCUT2D eigenvalue weighted by Crippen LogP contribution is 2.25. The maximum Gasteiger partial charge on any atom is 0.309 e. The third-order valence-corrected chi connectivity index (χ3v) is 7.77. The lowest BCUT2D eigenvalue weighted by atomic mass is 9.94. The number of hydrogen-bond donors (Lipinski definition) is 2. The topological polar surface area (TPSA) is 95.9 Å². The van der Waals surface area contributed by atoms with Gasteiger partial charge in [-0.25, -0.2) is 4.39 Å². The van der Waals surface area contributed by atoms with E-state index in [9.17, 15) is 23.9 Å². The molecule has 2 aliphatic heterocycles. The fourth-order valence-corrected chi connectivity index (χ4v) is 5.56. The molecule has 214 valence electrons. The molecule has 2 aromatic rings. The number of carbonyl (C=O) groups excluding carboxylic acids is 3. The molecule has 0 spiro atoms. The quantitative estimate of drug-likeness (QED) is 0.383. The van der Waals surface area contributed by atoms with Gasteiger partial charge in [0.2, 0.25) is 11.8 Å². The molecule has 2 heterocycles. The molecule has 2 amide bonds. The van der Waals surface area contributed by atoms with E-state index in [4.69, 9.17) is 4.74 Å². The van der Waals surface area contributed by atoms with Crippen molar-refractivity contribution in [3.05, 3.63) is 83.7 Å². The number of aliphatic hydroxyl groups excluding tert-OH is 1. The second kappa shape index (κ2) is 14.7. The molecule has 4 rings (SSSR count). The van der Waals surface area contributed by atoms with E-state index in [0.717, 1.165) is 24.0 Å². The Bertz CT molecular complexity index is 1150. The predicted molar refractivity (Wildman–Crippen MR) is 150 cm³/mol. The molecule has 2 N–H and O–H groups in total. The summed E-state index contributed by atoms with van der Waals surface area (Å²) in [5.41, 5.74) is 1.88. The van der Waals surface area contributed by atoms with Crippen LogP contribution in [0.2, 0.25) is 0 Å². The van der Waals surface area contributed by atoms with Gasteiger partial charge in [-0.2, -0.15) is 0 Å². The molecule has 1 saturated heterocycles. The van der Waals surface area contributed by atoms with Gasteiger partial charge in [-0.05, 0) is 68.2 Å². The Morgan fingerprint density at radius 1 is 1.02 bits per heavy atom. The smallest absolute Gasteiger partial charge is 0.309 e. The van der Waals surface area contributed by atoms with Crippen LogP contribution in [0.1, 0.15) is 49.7 Å². The van der Waals surface area contributed by atoms with Crippen molar-refractivity contribution in [1.82, 2.24) is 10.2 Å². The Kier molecular flexibility index (Phi) is 10.9. The van der Waals surface area contributed by atoms with Crippen molar-refractivity contribution in [1.29, 1.82) is 0 Å². The number of amides is 2. The highest BCUT2D eigenvalue weighted by Gasteiger charge is 2.35. The van der Waals surface area contributed by atoms with Crippen LogP contribution in [0.4, 0.5) is 4.39 Å². The fraction of sp³-hybridized carbons (Fsp3) is 0.469. The maximum absolute atomic E-state index is 13.6. The van der Waals surface area contributed by atoms with Gasteiger partial charge < -0.3 is 20.1 Å². The summed E-state index contributed by atoms with van der Waals surface area (Å²) in [5, 5.41) is 12.7. The van der Waals surface area contributed by atoms with Crippen molar-refractivity contribution in [2.45, 2.75) is 63.5 Å². The molecular formula is C32H39FN2O5. The number of rotatable bonds is 8. The standard InChI is InChI=1S/C32H39FN2O5/c33-27-15-13-24(14-16-27)18-26-11-6-2-5-10-25(31(38)35-17-7-12-29(35)22-40-32(26)39)20-30(37)34-28(21-36)19-23-8-3-1-4-9-23/h1-5,8-9,13-16,25-26,28-29,36H,6-7,10-12,17-22H2,(H,34,37)/b5-2+/t25-,26-,28-,29-/m1/s1. The van der Waals surface area contributed by atoms with Gasteiger partial charge in [-0.1, -0.05) is 54.6 Å². The van der Waals surface area contributed by atoms with Crippen LogP contribution in [0.3, 0.4) is 0 Å². The highest BCUT2D eigenvalue weighted by molar-refractivity contribution is 5.86.